The van der Waals surface area contributed by atoms with Crippen molar-refractivity contribution in [2.24, 2.45) is 5.41 Å². The van der Waals surface area contributed by atoms with E-state index in [-0.39, 0.29) is 5.97 Å². The third kappa shape index (κ3) is 1.65. The third-order valence-corrected chi connectivity index (χ3v) is 4.44. The van der Waals surface area contributed by atoms with Crippen LogP contribution in [-0.2, 0) is 9.53 Å². The van der Waals surface area contributed by atoms with E-state index in [9.17, 15) is 9.90 Å². The highest BCUT2D eigenvalue weighted by atomic mass is 16.5. The van der Waals surface area contributed by atoms with Crippen LogP contribution in [0.3, 0.4) is 0 Å². The highest BCUT2D eigenvalue weighted by molar-refractivity contribution is 5.79. The first-order chi connectivity index (χ1) is 7.65. The standard InChI is InChI=1S/C13H22O3/c1-2-16-11(14)12(7-6-8-12)13(15)9-4-3-5-10-13/h15H,2-10H2,1H3. The number of esters is 1. The van der Waals surface area contributed by atoms with E-state index in [1.54, 1.807) is 0 Å². The van der Waals surface area contributed by atoms with Gasteiger partial charge in [-0.15, -0.1) is 0 Å². The molecule has 1 N–H and O–H groups in total. The van der Waals surface area contributed by atoms with E-state index in [1.807, 2.05) is 6.92 Å². The highest BCUT2D eigenvalue weighted by Crippen LogP contribution is 2.55. The van der Waals surface area contributed by atoms with Crippen molar-refractivity contribution in [1.82, 2.24) is 0 Å². The zero-order valence-electron chi connectivity index (χ0n) is 10.1. The Morgan fingerprint density at radius 3 is 2.19 bits per heavy atom. The van der Waals surface area contributed by atoms with Crippen molar-refractivity contribution >= 4 is 5.97 Å². The summed E-state index contributed by atoms with van der Waals surface area (Å²) in [5, 5.41) is 10.7. The van der Waals surface area contributed by atoms with Gasteiger partial charge in [0.2, 0.25) is 0 Å². The minimum atomic E-state index is -0.782. The third-order valence-electron chi connectivity index (χ3n) is 4.44. The van der Waals surface area contributed by atoms with E-state index in [4.69, 9.17) is 4.74 Å². The van der Waals surface area contributed by atoms with Crippen molar-refractivity contribution in [1.29, 1.82) is 0 Å². The van der Waals surface area contributed by atoms with Gasteiger partial charge in [-0.25, -0.2) is 0 Å². The van der Waals surface area contributed by atoms with E-state index in [2.05, 4.69) is 0 Å². The molecule has 3 heteroatoms. The highest BCUT2D eigenvalue weighted by Gasteiger charge is 2.59. The normalized spacial score (nSPS) is 26.9. The molecule has 0 saturated heterocycles. The molecular formula is C13H22O3. The maximum atomic E-state index is 12.1. The molecule has 0 radical (unpaired) electrons. The van der Waals surface area contributed by atoms with Gasteiger partial charge in [0.05, 0.1) is 17.6 Å². The van der Waals surface area contributed by atoms with Crippen LogP contribution in [0.25, 0.3) is 0 Å². The molecule has 2 aliphatic carbocycles. The van der Waals surface area contributed by atoms with Crippen molar-refractivity contribution in [2.45, 2.75) is 63.9 Å². The molecule has 0 heterocycles. The van der Waals surface area contributed by atoms with Gasteiger partial charge in [-0.3, -0.25) is 4.79 Å². The molecule has 16 heavy (non-hydrogen) atoms. The molecular weight excluding hydrogens is 204 g/mol. The Morgan fingerprint density at radius 1 is 1.12 bits per heavy atom. The predicted octanol–water partition coefficient (Wildman–Crippen LogP) is 2.42. The van der Waals surface area contributed by atoms with E-state index < -0.39 is 11.0 Å². The summed E-state index contributed by atoms with van der Waals surface area (Å²) in [5.41, 5.74) is -1.35. The Bertz CT molecular complexity index is 262. The number of ether oxygens (including phenoxy) is 1. The number of hydrogen-bond acceptors (Lipinski definition) is 3. The van der Waals surface area contributed by atoms with Crippen LogP contribution in [0.2, 0.25) is 0 Å². The van der Waals surface area contributed by atoms with Crippen LogP contribution < -0.4 is 0 Å². The molecule has 0 amide bonds. The van der Waals surface area contributed by atoms with Crippen molar-refractivity contribution in [3.05, 3.63) is 0 Å². The van der Waals surface area contributed by atoms with Crippen molar-refractivity contribution in [2.75, 3.05) is 6.61 Å². The van der Waals surface area contributed by atoms with Gasteiger partial charge in [-0.1, -0.05) is 25.7 Å². The second-order valence-corrected chi connectivity index (χ2v) is 5.25. The zero-order valence-corrected chi connectivity index (χ0v) is 10.1. The second kappa shape index (κ2) is 4.36. The minimum Gasteiger partial charge on any atom is -0.465 e. The number of carbonyl (C=O) groups excluding carboxylic acids is 1. The first-order valence-electron chi connectivity index (χ1n) is 6.54. The summed E-state index contributed by atoms with van der Waals surface area (Å²) in [7, 11) is 0. The maximum absolute atomic E-state index is 12.1. The molecule has 0 aromatic carbocycles. The fourth-order valence-electron chi connectivity index (χ4n) is 3.27. The van der Waals surface area contributed by atoms with Crippen molar-refractivity contribution in [3.63, 3.8) is 0 Å². The monoisotopic (exact) mass is 226 g/mol. The molecule has 2 rings (SSSR count). The van der Waals surface area contributed by atoms with Gasteiger partial charge in [0.1, 0.15) is 0 Å². The molecule has 0 unspecified atom stereocenters. The molecule has 2 saturated carbocycles. The SMILES string of the molecule is CCOC(=O)C1(C2(O)CCCCC2)CCC1. The molecule has 0 atom stereocenters. The summed E-state index contributed by atoms with van der Waals surface area (Å²) in [6, 6.07) is 0. The average molecular weight is 226 g/mol. The topological polar surface area (TPSA) is 46.5 Å². The molecule has 3 nitrogen and oxygen atoms in total. The summed E-state index contributed by atoms with van der Waals surface area (Å²) in [6.07, 6.45) is 7.46. The summed E-state index contributed by atoms with van der Waals surface area (Å²) in [5.74, 6) is -0.161. The molecule has 2 aliphatic rings. The maximum Gasteiger partial charge on any atom is 0.314 e. The quantitative estimate of drug-likeness (QED) is 0.752. The van der Waals surface area contributed by atoms with Gasteiger partial charge in [0, 0.05) is 0 Å². The lowest BCUT2D eigenvalue weighted by atomic mass is 9.55. The average Bonchev–Trinajstić information content (AvgIpc) is 2.16. The fraction of sp³-hybridized carbons (Fsp3) is 0.923. The van der Waals surface area contributed by atoms with Gasteiger partial charge < -0.3 is 9.84 Å². The van der Waals surface area contributed by atoms with Crippen LogP contribution in [0, 0.1) is 5.41 Å². The predicted molar refractivity (Wildman–Crippen MR) is 61.0 cm³/mol. The van der Waals surface area contributed by atoms with Gasteiger partial charge in [0.15, 0.2) is 0 Å². The Balaban J connectivity index is 2.16. The summed E-state index contributed by atoms with van der Waals surface area (Å²) in [4.78, 5) is 12.1. The summed E-state index contributed by atoms with van der Waals surface area (Å²) in [6.45, 7) is 2.24. The number of aliphatic hydroxyl groups is 1. The molecule has 0 spiro atoms. The first-order valence-corrected chi connectivity index (χ1v) is 6.54. The Labute approximate surface area is 97.2 Å². The van der Waals surface area contributed by atoms with Gasteiger partial charge in [0.25, 0.3) is 0 Å². The van der Waals surface area contributed by atoms with Gasteiger partial charge >= 0.3 is 5.97 Å². The summed E-state index contributed by atoms with van der Waals surface area (Å²) >= 11 is 0. The largest absolute Gasteiger partial charge is 0.465 e. The Kier molecular flexibility index (Phi) is 3.24. The van der Waals surface area contributed by atoms with Gasteiger partial charge in [-0.05, 0) is 32.6 Å². The lowest BCUT2D eigenvalue weighted by Crippen LogP contribution is -2.58. The van der Waals surface area contributed by atoms with Crippen LogP contribution in [0.15, 0.2) is 0 Å². The van der Waals surface area contributed by atoms with Crippen LogP contribution in [0.4, 0.5) is 0 Å². The van der Waals surface area contributed by atoms with Crippen molar-refractivity contribution < 1.29 is 14.6 Å². The zero-order chi connectivity index (χ0) is 11.6. The molecule has 0 aliphatic heterocycles. The van der Waals surface area contributed by atoms with Crippen LogP contribution in [0.5, 0.6) is 0 Å². The van der Waals surface area contributed by atoms with Crippen LogP contribution >= 0.6 is 0 Å². The first kappa shape index (κ1) is 11.9. The Hall–Kier alpha value is -0.570. The molecule has 0 aromatic rings. The lowest BCUT2D eigenvalue weighted by Gasteiger charge is -2.52. The smallest absolute Gasteiger partial charge is 0.314 e. The fourth-order valence-corrected chi connectivity index (χ4v) is 3.27. The molecule has 92 valence electrons. The van der Waals surface area contributed by atoms with E-state index >= 15 is 0 Å². The molecule has 0 bridgehead atoms. The number of hydrogen-bond donors (Lipinski definition) is 1. The lowest BCUT2D eigenvalue weighted by molar-refractivity contribution is -0.196. The molecule has 2 fully saturated rings. The van der Waals surface area contributed by atoms with E-state index in [0.29, 0.717) is 6.61 Å². The number of rotatable bonds is 3. The second-order valence-electron chi connectivity index (χ2n) is 5.25. The Morgan fingerprint density at radius 2 is 1.75 bits per heavy atom. The van der Waals surface area contributed by atoms with Crippen LogP contribution in [0.1, 0.15) is 58.3 Å². The molecule has 0 aromatic heterocycles. The van der Waals surface area contributed by atoms with E-state index in [0.717, 1.165) is 44.9 Å². The van der Waals surface area contributed by atoms with Crippen LogP contribution in [-0.4, -0.2) is 23.3 Å². The minimum absolute atomic E-state index is 0.161. The van der Waals surface area contributed by atoms with Crippen molar-refractivity contribution in [3.8, 4) is 0 Å². The van der Waals surface area contributed by atoms with Gasteiger partial charge in [-0.2, -0.15) is 0 Å². The summed E-state index contributed by atoms with van der Waals surface area (Å²) < 4.78 is 5.17. The number of carbonyl (C=O) groups is 1. The van der Waals surface area contributed by atoms with E-state index in [1.165, 1.54) is 6.42 Å².